The van der Waals surface area contributed by atoms with Crippen molar-refractivity contribution in [1.29, 1.82) is 0 Å². The first-order valence-electron chi connectivity index (χ1n) is 8.45. The Morgan fingerprint density at radius 1 is 1.12 bits per heavy atom. The minimum atomic E-state index is -1.10. The van der Waals surface area contributed by atoms with Crippen LogP contribution < -0.4 is 10.6 Å². The third-order valence-electron chi connectivity index (χ3n) is 3.66. The van der Waals surface area contributed by atoms with Crippen molar-refractivity contribution in [3.8, 4) is 0 Å². The van der Waals surface area contributed by atoms with E-state index in [0.29, 0.717) is 12.8 Å². The van der Waals surface area contributed by atoms with Crippen LogP contribution in [0.1, 0.15) is 38.7 Å². The fraction of sp³-hybridized carbons (Fsp3) is 0.421. The quantitative estimate of drug-likeness (QED) is 0.565. The van der Waals surface area contributed by atoms with Crippen LogP contribution in [0.25, 0.3) is 0 Å². The van der Waals surface area contributed by atoms with E-state index in [4.69, 9.17) is 0 Å². The van der Waals surface area contributed by atoms with E-state index in [0.717, 1.165) is 5.56 Å². The van der Waals surface area contributed by atoms with Gasteiger partial charge in [-0.05, 0) is 25.3 Å². The zero-order chi connectivity index (χ0) is 18.7. The number of amides is 2. The number of hydrogen-bond acceptors (Lipinski definition) is 3. The zero-order valence-corrected chi connectivity index (χ0v) is 14.7. The van der Waals surface area contributed by atoms with Crippen molar-refractivity contribution in [2.45, 2.75) is 51.6 Å². The molecule has 25 heavy (non-hydrogen) atoms. The molecule has 1 aromatic carbocycles. The second kappa shape index (κ2) is 11.0. The number of aliphatic carboxylic acids is 1. The maximum Gasteiger partial charge on any atom is 0.326 e. The average Bonchev–Trinajstić information content (AvgIpc) is 2.58. The van der Waals surface area contributed by atoms with Gasteiger partial charge in [-0.2, -0.15) is 0 Å². The molecule has 0 saturated heterocycles. The number of benzene rings is 1. The van der Waals surface area contributed by atoms with Gasteiger partial charge in [0, 0.05) is 0 Å². The molecule has 2 atom stereocenters. The van der Waals surface area contributed by atoms with Gasteiger partial charge < -0.3 is 15.7 Å². The van der Waals surface area contributed by atoms with E-state index in [1.165, 1.54) is 0 Å². The smallest absolute Gasteiger partial charge is 0.326 e. The average molecular weight is 346 g/mol. The molecular formula is C19H26N2O4. The summed E-state index contributed by atoms with van der Waals surface area (Å²) in [6.45, 7) is 3.68. The van der Waals surface area contributed by atoms with Crippen molar-refractivity contribution < 1.29 is 19.5 Å². The molecule has 2 unspecified atom stereocenters. The van der Waals surface area contributed by atoms with Crippen LogP contribution in [0.15, 0.2) is 42.5 Å². The number of carbonyl (C=O) groups is 3. The van der Waals surface area contributed by atoms with Crippen LogP contribution in [0.2, 0.25) is 0 Å². The van der Waals surface area contributed by atoms with Crippen molar-refractivity contribution in [3.63, 3.8) is 0 Å². The Labute approximate surface area is 148 Å². The van der Waals surface area contributed by atoms with Crippen LogP contribution in [0.5, 0.6) is 0 Å². The summed E-state index contributed by atoms with van der Waals surface area (Å²) < 4.78 is 0. The molecule has 0 fully saturated rings. The summed E-state index contributed by atoms with van der Waals surface area (Å²) in [7, 11) is 0. The number of carboxylic acids is 1. The van der Waals surface area contributed by atoms with Crippen molar-refractivity contribution >= 4 is 17.8 Å². The Morgan fingerprint density at radius 2 is 1.80 bits per heavy atom. The monoisotopic (exact) mass is 346 g/mol. The van der Waals surface area contributed by atoms with Gasteiger partial charge in [0.25, 0.3) is 0 Å². The van der Waals surface area contributed by atoms with Gasteiger partial charge in [-0.1, -0.05) is 55.8 Å². The topological polar surface area (TPSA) is 95.5 Å². The molecule has 0 heterocycles. The summed E-state index contributed by atoms with van der Waals surface area (Å²) in [6.07, 6.45) is 4.93. The van der Waals surface area contributed by atoms with Crippen molar-refractivity contribution in [1.82, 2.24) is 10.6 Å². The summed E-state index contributed by atoms with van der Waals surface area (Å²) in [5.74, 6) is -1.84. The molecule has 0 bridgehead atoms. The van der Waals surface area contributed by atoms with Gasteiger partial charge in [0.05, 0.1) is 6.42 Å². The number of carboxylic acid groups (broad SMARTS) is 1. The highest BCUT2D eigenvalue weighted by molar-refractivity contribution is 5.90. The molecule has 0 spiro atoms. The number of carbonyl (C=O) groups excluding carboxylic acids is 2. The van der Waals surface area contributed by atoms with Crippen LogP contribution in [0.4, 0.5) is 0 Å². The maximum atomic E-state index is 12.4. The molecule has 6 nitrogen and oxygen atoms in total. The molecule has 0 aliphatic carbocycles. The minimum Gasteiger partial charge on any atom is -0.480 e. The van der Waals surface area contributed by atoms with Gasteiger partial charge in [-0.3, -0.25) is 9.59 Å². The Bertz CT molecular complexity index is 599. The molecule has 6 heteroatoms. The lowest BCUT2D eigenvalue weighted by molar-refractivity contribution is -0.142. The zero-order valence-electron chi connectivity index (χ0n) is 14.7. The van der Waals surface area contributed by atoms with Gasteiger partial charge in [-0.15, -0.1) is 0 Å². The van der Waals surface area contributed by atoms with Crippen LogP contribution in [-0.2, 0) is 20.8 Å². The number of rotatable bonds is 10. The number of nitrogens with one attached hydrogen (secondary N) is 2. The molecule has 0 aliphatic rings. The predicted octanol–water partition coefficient (Wildman–Crippen LogP) is 2.05. The van der Waals surface area contributed by atoms with E-state index in [-0.39, 0.29) is 18.7 Å². The van der Waals surface area contributed by atoms with Gasteiger partial charge in [0.15, 0.2) is 0 Å². The lowest BCUT2D eigenvalue weighted by Gasteiger charge is -2.20. The second-order valence-electron chi connectivity index (χ2n) is 5.78. The number of hydrogen-bond donors (Lipinski definition) is 3. The summed E-state index contributed by atoms with van der Waals surface area (Å²) >= 11 is 0. The molecular weight excluding hydrogens is 320 g/mol. The molecule has 0 aliphatic heterocycles. The standard InChI is InChI=1S/C19H26N2O4/c1-3-5-12-16(19(24)25)21-18(23)15(9-4-2)20-17(22)13-14-10-7-6-8-11-14/h3,5-8,10-11,15-16H,4,9,12-13H2,1-2H3,(H,20,22)(H,21,23)(H,24,25)/b5-3+. The maximum absolute atomic E-state index is 12.4. The molecule has 3 N–H and O–H groups in total. The fourth-order valence-corrected chi connectivity index (χ4v) is 2.35. The normalized spacial score (nSPS) is 13.2. The van der Waals surface area contributed by atoms with Crippen molar-refractivity contribution in [3.05, 3.63) is 48.0 Å². The Balaban J connectivity index is 2.68. The minimum absolute atomic E-state index is 0.176. The molecule has 1 aromatic rings. The Hall–Kier alpha value is -2.63. The highest BCUT2D eigenvalue weighted by atomic mass is 16.4. The lowest BCUT2D eigenvalue weighted by Crippen LogP contribution is -2.51. The summed E-state index contributed by atoms with van der Waals surface area (Å²) in [5, 5.41) is 14.4. The van der Waals surface area contributed by atoms with Gasteiger partial charge in [-0.25, -0.2) is 4.79 Å². The van der Waals surface area contributed by atoms with E-state index in [1.54, 1.807) is 19.1 Å². The summed E-state index contributed by atoms with van der Waals surface area (Å²) in [5.41, 5.74) is 0.854. The van der Waals surface area contributed by atoms with Crippen LogP contribution in [0.3, 0.4) is 0 Å². The first-order valence-corrected chi connectivity index (χ1v) is 8.45. The SMILES string of the molecule is C/C=C/CC(NC(=O)C(CCC)NC(=O)Cc1ccccc1)C(=O)O. The molecule has 2 amide bonds. The Morgan fingerprint density at radius 3 is 2.36 bits per heavy atom. The van der Waals surface area contributed by atoms with Gasteiger partial charge >= 0.3 is 5.97 Å². The summed E-state index contributed by atoms with van der Waals surface area (Å²) in [6, 6.07) is 7.49. The number of allylic oxidation sites excluding steroid dienone is 1. The summed E-state index contributed by atoms with van der Waals surface area (Å²) in [4.78, 5) is 35.8. The van der Waals surface area contributed by atoms with E-state index in [2.05, 4.69) is 10.6 Å². The first kappa shape index (κ1) is 20.4. The second-order valence-corrected chi connectivity index (χ2v) is 5.78. The van der Waals surface area contributed by atoms with Crippen molar-refractivity contribution in [2.75, 3.05) is 0 Å². The van der Waals surface area contributed by atoms with E-state index >= 15 is 0 Å². The largest absolute Gasteiger partial charge is 0.480 e. The van der Waals surface area contributed by atoms with Crippen LogP contribution >= 0.6 is 0 Å². The van der Waals surface area contributed by atoms with Crippen LogP contribution in [0, 0.1) is 0 Å². The van der Waals surface area contributed by atoms with E-state index in [9.17, 15) is 19.5 Å². The predicted molar refractivity (Wildman–Crippen MR) is 96.0 cm³/mol. The van der Waals surface area contributed by atoms with Crippen molar-refractivity contribution in [2.24, 2.45) is 0 Å². The lowest BCUT2D eigenvalue weighted by atomic mass is 10.1. The van der Waals surface area contributed by atoms with Gasteiger partial charge in [0.1, 0.15) is 12.1 Å². The van der Waals surface area contributed by atoms with Crippen LogP contribution in [-0.4, -0.2) is 35.0 Å². The highest BCUT2D eigenvalue weighted by Crippen LogP contribution is 2.04. The molecule has 1 rings (SSSR count). The molecule has 136 valence electrons. The van der Waals surface area contributed by atoms with E-state index < -0.39 is 24.0 Å². The molecule has 0 aromatic heterocycles. The molecule has 0 saturated carbocycles. The fourth-order valence-electron chi connectivity index (χ4n) is 2.35. The third kappa shape index (κ3) is 7.65. The highest BCUT2D eigenvalue weighted by Gasteiger charge is 2.25. The van der Waals surface area contributed by atoms with Gasteiger partial charge in [0.2, 0.25) is 11.8 Å². The Kier molecular flexibility index (Phi) is 9.00. The van der Waals surface area contributed by atoms with E-state index in [1.807, 2.05) is 37.3 Å². The first-order chi connectivity index (χ1) is 12.0. The third-order valence-corrected chi connectivity index (χ3v) is 3.66. The molecule has 0 radical (unpaired) electrons.